The van der Waals surface area contributed by atoms with E-state index in [1.807, 2.05) is 6.07 Å². The molecule has 0 aromatic heterocycles. The van der Waals surface area contributed by atoms with Crippen LogP contribution in [0.1, 0.15) is 44.1 Å². The first-order valence-corrected chi connectivity index (χ1v) is 7.69. The van der Waals surface area contributed by atoms with E-state index in [0.717, 1.165) is 35.2 Å². The van der Waals surface area contributed by atoms with Gasteiger partial charge in [-0.25, -0.2) is 0 Å². The van der Waals surface area contributed by atoms with Crippen LogP contribution in [0, 0.1) is 0 Å². The van der Waals surface area contributed by atoms with Crippen molar-refractivity contribution < 1.29 is 9.47 Å². The minimum atomic E-state index is 0.354. The van der Waals surface area contributed by atoms with E-state index >= 15 is 0 Å². The van der Waals surface area contributed by atoms with Crippen molar-refractivity contribution in [1.29, 1.82) is 0 Å². The van der Waals surface area contributed by atoms with Gasteiger partial charge in [0.1, 0.15) is 0 Å². The molecule has 1 atom stereocenters. The Labute approximate surface area is 123 Å². The smallest absolute Gasteiger partial charge is 0.161 e. The molecule has 3 nitrogen and oxygen atoms in total. The van der Waals surface area contributed by atoms with Crippen LogP contribution < -0.4 is 15.2 Å². The van der Waals surface area contributed by atoms with Gasteiger partial charge in [-0.2, -0.15) is 0 Å². The van der Waals surface area contributed by atoms with Crippen molar-refractivity contribution in [3.8, 4) is 11.5 Å². The van der Waals surface area contributed by atoms with Gasteiger partial charge in [0.15, 0.2) is 11.5 Å². The minimum Gasteiger partial charge on any atom is -0.493 e. The average Bonchev–Trinajstić information content (AvgIpc) is 2.34. The summed E-state index contributed by atoms with van der Waals surface area (Å²) in [7, 11) is 1.68. The number of hydrogen-bond acceptors (Lipinski definition) is 3. The zero-order valence-electron chi connectivity index (χ0n) is 11.6. The lowest BCUT2D eigenvalue weighted by atomic mass is 9.95. The molecule has 0 heterocycles. The Bertz CT molecular complexity index is 432. The molecule has 1 fully saturated rings. The molecular formula is C15H22BrNO2. The quantitative estimate of drug-likeness (QED) is 0.863. The van der Waals surface area contributed by atoms with Gasteiger partial charge in [-0.3, -0.25) is 0 Å². The average molecular weight is 328 g/mol. The predicted octanol–water partition coefficient (Wildman–Crippen LogP) is 3.84. The first-order chi connectivity index (χ1) is 9.15. The Balaban J connectivity index is 2.25. The van der Waals surface area contributed by atoms with E-state index in [2.05, 4.69) is 28.9 Å². The van der Waals surface area contributed by atoms with Gasteiger partial charge in [-0.05, 0) is 55.8 Å². The van der Waals surface area contributed by atoms with Crippen molar-refractivity contribution in [3.63, 3.8) is 0 Å². The van der Waals surface area contributed by atoms with Gasteiger partial charge in [-0.15, -0.1) is 0 Å². The third-order valence-corrected chi connectivity index (χ3v) is 4.45. The van der Waals surface area contributed by atoms with Crippen LogP contribution in [-0.2, 0) is 0 Å². The van der Waals surface area contributed by atoms with Crippen LogP contribution in [0.2, 0.25) is 0 Å². The van der Waals surface area contributed by atoms with Crippen molar-refractivity contribution in [2.24, 2.45) is 5.73 Å². The Morgan fingerprint density at radius 1 is 1.37 bits per heavy atom. The van der Waals surface area contributed by atoms with E-state index in [1.165, 1.54) is 12.0 Å². The Hall–Kier alpha value is -0.740. The van der Waals surface area contributed by atoms with Crippen molar-refractivity contribution in [3.05, 3.63) is 22.2 Å². The van der Waals surface area contributed by atoms with Gasteiger partial charge in [0.2, 0.25) is 0 Å². The van der Waals surface area contributed by atoms with Gasteiger partial charge in [0, 0.05) is 4.47 Å². The largest absolute Gasteiger partial charge is 0.493 e. The molecule has 0 amide bonds. The lowest BCUT2D eigenvalue weighted by molar-refractivity contribution is 0.116. The third-order valence-electron chi connectivity index (χ3n) is 3.76. The van der Waals surface area contributed by atoms with Crippen LogP contribution in [0.15, 0.2) is 16.6 Å². The summed E-state index contributed by atoms with van der Waals surface area (Å²) >= 11 is 3.61. The van der Waals surface area contributed by atoms with E-state index in [-0.39, 0.29) is 0 Å². The van der Waals surface area contributed by atoms with Gasteiger partial charge in [0.05, 0.1) is 13.2 Å². The van der Waals surface area contributed by atoms with E-state index in [0.29, 0.717) is 18.6 Å². The summed E-state index contributed by atoms with van der Waals surface area (Å²) in [6.45, 7) is 2.88. The minimum absolute atomic E-state index is 0.354. The molecular weight excluding hydrogens is 306 g/mol. The molecule has 0 spiro atoms. The van der Waals surface area contributed by atoms with Crippen molar-refractivity contribution >= 4 is 15.9 Å². The maximum atomic E-state index is 6.02. The van der Waals surface area contributed by atoms with Crippen LogP contribution in [0.4, 0.5) is 0 Å². The molecule has 1 saturated carbocycles. The first-order valence-electron chi connectivity index (χ1n) is 6.89. The van der Waals surface area contributed by atoms with Crippen LogP contribution in [0.3, 0.4) is 0 Å². The monoisotopic (exact) mass is 327 g/mol. The fourth-order valence-electron chi connectivity index (χ4n) is 2.25. The molecule has 1 aliphatic carbocycles. The van der Waals surface area contributed by atoms with Crippen molar-refractivity contribution in [2.45, 2.75) is 44.6 Å². The van der Waals surface area contributed by atoms with Crippen LogP contribution in [0.5, 0.6) is 11.5 Å². The third kappa shape index (κ3) is 3.42. The molecule has 19 heavy (non-hydrogen) atoms. The van der Waals surface area contributed by atoms with Crippen molar-refractivity contribution in [2.75, 3.05) is 13.7 Å². The van der Waals surface area contributed by atoms with E-state index < -0.39 is 0 Å². The van der Waals surface area contributed by atoms with Crippen LogP contribution >= 0.6 is 15.9 Å². The zero-order valence-corrected chi connectivity index (χ0v) is 13.2. The second-order valence-electron chi connectivity index (χ2n) is 5.17. The number of nitrogens with two attached hydrogens (primary N) is 1. The predicted molar refractivity (Wildman–Crippen MR) is 81.0 cm³/mol. The van der Waals surface area contributed by atoms with Gasteiger partial charge in [0.25, 0.3) is 0 Å². The molecule has 1 aromatic carbocycles. The molecule has 106 valence electrons. The van der Waals surface area contributed by atoms with E-state index in [1.54, 1.807) is 7.11 Å². The molecule has 0 aliphatic heterocycles. The van der Waals surface area contributed by atoms with Gasteiger partial charge in [-0.1, -0.05) is 22.9 Å². The van der Waals surface area contributed by atoms with Crippen molar-refractivity contribution in [1.82, 2.24) is 0 Å². The molecule has 0 bridgehead atoms. The molecule has 1 aliphatic rings. The summed E-state index contributed by atoms with van der Waals surface area (Å²) < 4.78 is 12.5. The highest BCUT2D eigenvalue weighted by atomic mass is 79.9. The summed E-state index contributed by atoms with van der Waals surface area (Å²) in [5.74, 6) is 2.06. The fourth-order valence-corrected chi connectivity index (χ4v) is 2.97. The zero-order chi connectivity index (χ0) is 13.8. The number of rotatable bonds is 6. The Morgan fingerprint density at radius 2 is 2.11 bits per heavy atom. The summed E-state index contributed by atoms with van der Waals surface area (Å²) in [5, 5.41) is 0. The highest BCUT2D eigenvalue weighted by Crippen LogP contribution is 2.39. The SMILES string of the molecule is COc1cc(Br)c(C(C)CCN)cc1OC1CCC1. The van der Waals surface area contributed by atoms with Gasteiger partial charge >= 0.3 is 0 Å². The van der Waals surface area contributed by atoms with Crippen LogP contribution in [0.25, 0.3) is 0 Å². The molecule has 0 radical (unpaired) electrons. The second kappa shape index (κ2) is 6.62. The summed E-state index contributed by atoms with van der Waals surface area (Å²) in [6, 6.07) is 4.10. The van der Waals surface area contributed by atoms with Crippen LogP contribution in [-0.4, -0.2) is 19.8 Å². The Kier molecular flexibility index (Phi) is 5.11. The number of ether oxygens (including phenoxy) is 2. The summed E-state index contributed by atoms with van der Waals surface area (Å²) in [5.41, 5.74) is 6.89. The summed E-state index contributed by atoms with van der Waals surface area (Å²) in [6.07, 6.45) is 4.88. The number of halogens is 1. The lowest BCUT2D eigenvalue weighted by Gasteiger charge is -2.28. The Morgan fingerprint density at radius 3 is 2.63 bits per heavy atom. The topological polar surface area (TPSA) is 44.5 Å². The highest BCUT2D eigenvalue weighted by Gasteiger charge is 2.22. The molecule has 2 N–H and O–H groups in total. The molecule has 2 rings (SSSR count). The molecule has 1 unspecified atom stereocenters. The molecule has 0 saturated heterocycles. The molecule has 4 heteroatoms. The molecule has 1 aromatic rings. The number of benzene rings is 1. The highest BCUT2D eigenvalue weighted by molar-refractivity contribution is 9.10. The van der Waals surface area contributed by atoms with Gasteiger partial charge < -0.3 is 15.2 Å². The summed E-state index contributed by atoms with van der Waals surface area (Å²) in [4.78, 5) is 0. The van der Waals surface area contributed by atoms with E-state index in [9.17, 15) is 0 Å². The maximum absolute atomic E-state index is 6.02. The standard InChI is InChI=1S/C15H22BrNO2/c1-10(6-7-17)12-8-15(19-11-4-3-5-11)14(18-2)9-13(12)16/h8-11H,3-7,17H2,1-2H3. The fraction of sp³-hybridized carbons (Fsp3) is 0.600. The second-order valence-corrected chi connectivity index (χ2v) is 6.03. The first kappa shape index (κ1) is 14.7. The number of methoxy groups -OCH3 is 1. The lowest BCUT2D eigenvalue weighted by Crippen LogP contribution is -2.24. The van der Waals surface area contributed by atoms with E-state index in [4.69, 9.17) is 15.2 Å². The number of hydrogen-bond donors (Lipinski definition) is 1. The normalized spacial score (nSPS) is 16.8. The maximum Gasteiger partial charge on any atom is 0.161 e.